The van der Waals surface area contributed by atoms with E-state index in [9.17, 15) is 22.0 Å². The lowest BCUT2D eigenvalue weighted by Crippen LogP contribution is -2.42. The molecule has 0 saturated heterocycles. The van der Waals surface area contributed by atoms with Gasteiger partial charge in [0.2, 0.25) is 9.84 Å². The van der Waals surface area contributed by atoms with Crippen molar-refractivity contribution in [3.8, 4) is 0 Å². The van der Waals surface area contributed by atoms with E-state index in [1.165, 1.54) is 12.1 Å². The van der Waals surface area contributed by atoms with E-state index in [0.717, 1.165) is 36.2 Å². The SMILES string of the molecule is CC1CCc2ccccc2N1C(=O)c1ccc(S(=O)(=O)C(F)F)cc1. The van der Waals surface area contributed by atoms with Crippen LogP contribution >= 0.6 is 0 Å². The first kappa shape index (κ1) is 17.5. The van der Waals surface area contributed by atoms with Crippen molar-refractivity contribution in [2.24, 2.45) is 0 Å². The predicted molar refractivity (Wildman–Crippen MR) is 90.7 cm³/mol. The Balaban J connectivity index is 1.94. The van der Waals surface area contributed by atoms with Crippen molar-refractivity contribution in [2.75, 3.05) is 4.90 Å². The number of hydrogen-bond acceptors (Lipinski definition) is 3. The van der Waals surface area contributed by atoms with Gasteiger partial charge in [-0.15, -0.1) is 0 Å². The number of aryl methyl sites for hydroxylation is 1. The highest BCUT2D eigenvalue weighted by Crippen LogP contribution is 2.32. The molecule has 2 aromatic carbocycles. The van der Waals surface area contributed by atoms with Gasteiger partial charge in [0.1, 0.15) is 0 Å². The maximum atomic E-state index is 12.9. The minimum absolute atomic E-state index is 0.00752. The zero-order chi connectivity index (χ0) is 18.2. The maximum absolute atomic E-state index is 12.9. The summed E-state index contributed by atoms with van der Waals surface area (Å²) in [6, 6.07) is 12.3. The van der Waals surface area contributed by atoms with Gasteiger partial charge in [0.25, 0.3) is 5.91 Å². The molecule has 7 heteroatoms. The molecule has 0 radical (unpaired) electrons. The number of sulfone groups is 1. The molecule has 0 saturated carbocycles. The van der Waals surface area contributed by atoms with Crippen molar-refractivity contribution < 1.29 is 22.0 Å². The fourth-order valence-electron chi connectivity index (χ4n) is 3.03. The number of halogens is 2. The van der Waals surface area contributed by atoms with Gasteiger partial charge in [-0.1, -0.05) is 18.2 Å². The lowest BCUT2D eigenvalue weighted by atomic mass is 9.96. The van der Waals surface area contributed by atoms with E-state index in [1.807, 2.05) is 31.2 Å². The average molecular weight is 365 g/mol. The number of anilines is 1. The highest BCUT2D eigenvalue weighted by molar-refractivity contribution is 7.91. The van der Waals surface area contributed by atoms with E-state index < -0.39 is 20.5 Å². The molecule has 1 aliphatic heterocycles. The topological polar surface area (TPSA) is 54.5 Å². The summed E-state index contributed by atoms with van der Waals surface area (Å²) in [5, 5.41) is 0. The van der Waals surface area contributed by atoms with Crippen LogP contribution in [0.25, 0.3) is 0 Å². The molecule has 2 aromatic rings. The van der Waals surface area contributed by atoms with Crippen molar-refractivity contribution in [3.05, 3.63) is 59.7 Å². The van der Waals surface area contributed by atoms with Gasteiger partial charge in [-0.25, -0.2) is 8.42 Å². The smallest absolute Gasteiger partial charge is 0.305 e. The second kappa shape index (κ2) is 6.55. The number of benzene rings is 2. The molecule has 25 heavy (non-hydrogen) atoms. The van der Waals surface area contributed by atoms with Gasteiger partial charge in [-0.2, -0.15) is 8.78 Å². The monoisotopic (exact) mass is 365 g/mol. The molecule has 0 fully saturated rings. The molecule has 0 bridgehead atoms. The van der Waals surface area contributed by atoms with Crippen LogP contribution in [-0.2, 0) is 16.3 Å². The standard InChI is InChI=1S/C18H17F2NO3S/c1-12-6-7-13-4-2-3-5-16(13)21(12)17(22)14-8-10-15(11-9-14)25(23,24)18(19)20/h2-5,8-12,18H,6-7H2,1H3. The van der Waals surface area contributed by atoms with Crippen LogP contribution in [0.3, 0.4) is 0 Å². The number of amides is 1. The minimum Gasteiger partial charge on any atom is -0.305 e. The van der Waals surface area contributed by atoms with Gasteiger partial charge in [0.05, 0.1) is 4.90 Å². The fourth-order valence-corrected chi connectivity index (χ4v) is 3.75. The number of rotatable bonds is 3. The van der Waals surface area contributed by atoms with Crippen LogP contribution in [0.1, 0.15) is 29.3 Å². The predicted octanol–water partition coefficient (Wildman–Crippen LogP) is 3.66. The minimum atomic E-state index is -4.66. The largest absolute Gasteiger partial charge is 0.341 e. The molecular formula is C18H17F2NO3S. The first-order chi connectivity index (χ1) is 11.8. The molecule has 1 amide bonds. The molecule has 0 spiro atoms. The molecule has 4 nitrogen and oxygen atoms in total. The average Bonchev–Trinajstić information content (AvgIpc) is 2.61. The fraction of sp³-hybridized carbons (Fsp3) is 0.278. The van der Waals surface area contributed by atoms with Crippen LogP contribution in [0.2, 0.25) is 0 Å². The van der Waals surface area contributed by atoms with Crippen LogP contribution < -0.4 is 4.90 Å². The number of nitrogens with zero attached hydrogens (tertiary/aromatic N) is 1. The molecule has 3 rings (SSSR count). The third-order valence-electron chi connectivity index (χ3n) is 4.41. The lowest BCUT2D eigenvalue weighted by Gasteiger charge is -2.35. The number of carbonyl (C=O) groups is 1. The Morgan fingerprint density at radius 1 is 1.12 bits per heavy atom. The number of fused-ring (bicyclic) bond motifs is 1. The number of hydrogen-bond donors (Lipinski definition) is 0. The Kier molecular flexibility index (Phi) is 4.60. The summed E-state index contributed by atoms with van der Waals surface area (Å²) in [6.45, 7) is 1.95. The third-order valence-corrected chi connectivity index (χ3v) is 5.80. The van der Waals surface area contributed by atoms with E-state index in [4.69, 9.17) is 0 Å². The second-order valence-electron chi connectivity index (χ2n) is 6.02. The first-order valence-electron chi connectivity index (χ1n) is 7.86. The van der Waals surface area contributed by atoms with Gasteiger partial charge < -0.3 is 4.90 Å². The van der Waals surface area contributed by atoms with Crippen LogP contribution in [0.4, 0.5) is 14.5 Å². The Bertz CT molecular complexity index is 895. The Labute approximate surface area is 145 Å². The molecule has 132 valence electrons. The van der Waals surface area contributed by atoms with Crippen LogP contribution in [-0.4, -0.2) is 26.1 Å². The molecule has 0 N–H and O–H groups in total. The lowest BCUT2D eigenvalue weighted by molar-refractivity contribution is 0.0975. The quantitative estimate of drug-likeness (QED) is 0.834. The van der Waals surface area contributed by atoms with Gasteiger partial charge in [0, 0.05) is 17.3 Å². The van der Waals surface area contributed by atoms with Crippen molar-refractivity contribution in [3.63, 3.8) is 0 Å². The second-order valence-corrected chi connectivity index (χ2v) is 7.94. The zero-order valence-corrected chi connectivity index (χ0v) is 14.3. The maximum Gasteiger partial charge on any atom is 0.341 e. The molecule has 1 aliphatic rings. The molecule has 0 aromatic heterocycles. The zero-order valence-electron chi connectivity index (χ0n) is 13.5. The van der Waals surface area contributed by atoms with E-state index in [2.05, 4.69) is 0 Å². The molecule has 1 unspecified atom stereocenters. The number of carbonyl (C=O) groups excluding carboxylic acids is 1. The Morgan fingerprint density at radius 3 is 2.40 bits per heavy atom. The summed E-state index contributed by atoms with van der Waals surface area (Å²) in [5.41, 5.74) is 2.16. The number of para-hydroxylation sites is 1. The highest BCUT2D eigenvalue weighted by Gasteiger charge is 2.30. The summed E-state index contributed by atoms with van der Waals surface area (Å²) in [5.74, 6) is -3.76. The van der Waals surface area contributed by atoms with Gasteiger partial charge in [-0.05, 0) is 55.7 Å². The number of alkyl halides is 2. The highest BCUT2D eigenvalue weighted by atomic mass is 32.2. The molecule has 1 atom stereocenters. The molecule has 1 heterocycles. The summed E-state index contributed by atoms with van der Waals surface area (Å²) in [7, 11) is -4.66. The van der Waals surface area contributed by atoms with Crippen molar-refractivity contribution in [2.45, 2.75) is 36.5 Å². The van der Waals surface area contributed by atoms with Crippen molar-refractivity contribution in [1.82, 2.24) is 0 Å². The van der Waals surface area contributed by atoms with Gasteiger partial charge in [0.15, 0.2) is 0 Å². The summed E-state index contributed by atoms with van der Waals surface area (Å²) < 4.78 is 48.2. The summed E-state index contributed by atoms with van der Waals surface area (Å²) in [6.07, 6.45) is 1.70. The summed E-state index contributed by atoms with van der Waals surface area (Å²) in [4.78, 5) is 14.1. The molecule has 0 aliphatic carbocycles. The van der Waals surface area contributed by atoms with Crippen LogP contribution in [0, 0.1) is 0 Å². The van der Waals surface area contributed by atoms with E-state index in [0.29, 0.717) is 0 Å². The van der Waals surface area contributed by atoms with Crippen molar-refractivity contribution >= 4 is 21.4 Å². The van der Waals surface area contributed by atoms with Gasteiger partial charge in [-0.3, -0.25) is 4.79 Å². The van der Waals surface area contributed by atoms with Crippen LogP contribution in [0.15, 0.2) is 53.4 Å². The van der Waals surface area contributed by atoms with E-state index in [1.54, 1.807) is 4.90 Å². The van der Waals surface area contributed by atoms with E-state index >= 15 is 0 Å². The summed E-state index contributed by atoms with van der Waals surface area (Å²) >= 11 is 0. The van der Waals surface area contributed by atoms with Crippen LogP contribution in [0.5, 0.6) is 0 Å². The normalized spacial score (nSPS) is 17.4. The Morgan fingerprint density at radius 2 is 1.76 bits per heavy atom. The van der Waals surface area contributed by atoms with E-state index in [-0.39, 0.29) is 17.5 Å². The Hall–Kier alpha value is -2.28. The molecular weight excluding hydrogens is 348 g/mol. The first-order valence-corrected chi connectivity index (χ1v) is 9.40. The van der Waals surface area contributed by atoms with Crippen molar-refractivity contribution in [1.29, 1.82) is 0 Å². The third kappa shape index (κ3) is 3.16. The van der Waals surface area contributed by atoms with Gasteiger partial charge >= 0.3 is 5.76 Å².